The molecule has 1 amide bonds. The number of carboxylic acids is 1. The molecule has 0 bridgehead atoms. The van der Waals surface area contributed by atoms with Crippen LogP contribution in [0.1, 0.15) is 12.8 Å². The van der Waals surface area contributed by atoms with Crippen molar-refractivity contribution in [3.8, 4) is 0 Å². The molecule has 0 aliphatic carbocycles. The first-order valence-electron chi connectivity index (χ1n) is 4.89. The second-order valence-electron chi connectivity index (χ2n) is 3.39. The van der Waals surface area contributed by atoms with E-state index in [1.54, 1.807) is 0 Å². The van der Waals surface area contributed by atoms with Crippen LogP contribution in [0.3, 0.4) is 0 Å². The predicted molar refractivity (Wildman–Crippen MR) is 57.7 cm³/mol. The number of halogens is 1. The number of hydrogen-bond donors (Lipinski definition) is 3. The van der Waals surface area contributed by atoms with E-state index in [1.165, 1.54) is 6.07 Å². The third-order valence-electron chi connectivity index (χ3n) is 1.98. The number of carboxylic acid groups (broad SMARTS) is 1. The summed E-state index contributed by atoms with van der Waals surface area (Å²) in [5.41, 5.74) is 5.47. The fourth-order valence-electron chi connectivity index (χ4n) is 1.08. The number of carbonyl (C=O) groups is 2. The third kappa shape index (κ3) is 4.56. The molecule has 17 heavy (non-hydrogen) atoms. The molecule has 1 aromatic rings. The summed E-state index contributed by atoms with van der Waals surface area (Å²) < 4.78 is 12.5. The van der Waals surface area contributed by atoms with Gasteiger partial charge in [-0.3, -0.25) is 9.59 Å². The van der Waals surface area contributed by atoms with Gasteiger partial charge in [-0.2, -0.15) is 0 Å². The summed E-state index contributed by atoms with van der Waals surface area (Å²) in [6.07, 6.45) is 0.798. The molecule has 7 heteroatoms. The number of nitrogens with one attached hydrogen (secondary N) is 1. The Kier molecular flexibility index (Phi) is 4.53. The zero-order valence-electron chi connectivity index (χ0n) is 8.89. The highest BCUT2D eigenvalue weighted by atomic mass is 19.1. The van der Waals surface area contributed by atoms with Crippen LogP contribution in [-0.4, -0.2) is 28.0 Å². The minimum atomic E-state index is -1.02. The first-order chi connectivity index (χ1) is 7.99. The molecule has 1 aromatic heterocycles. The van der Waals surface area contributed by atoms with E-state index in [1.807, 2.05) is 0 Å². The minimum absolute atomic E-state index is 0.0301. The summed E-state index contributed by atoms with van der Waals surface area (Å²) in [7, 11) is 0. The van der Waals surface area contributed by atoms with Crippen molar-refractivity contribution in [2.24, 2.45) is 5.73 Å². The van der Waals surface area contributed by atoms with Gasteiger partial charge in [0.2, 0.25) is 5.91 Å². The Hall–Kier alpha value is -2.02. The van der Waals surface area contributed by atoms with Gasteiger partial charge in [0, 0.05) is 6.42 Å². The Morgan fingerprint density at radius 2 is 2.24 bits per heavy atom. The maximum Gasteiger partial charge on any atom is 0.303 e. The summed E-state index contributed by atoms with van der Waals surface area (Å²) in [5.74, 6) is -1.92. The second-order valence-corrected chi connectivity index (χ2v) is 3.39. The molecule has 0 aromatic carbocycles. The van der Waals surface area contributed by atoms with Crippen LogP contribution in [-0.2, 0) is 9.59 Å². The van der Waals surface area contributed by atoms with E-state index in [0.29, 0.717) is 0 Å². The molecule has 0 aliphatic rings. The van der Waals surface area contributed by atoms with E-state index in [-0.39, 0.29) is 18.7 Å². The van der Waals surface area contributed by atoms with Gasteiger partial charge in [0.15, 0.2) is 0 Å². The lowest BCUT2D eigenvalue weighted by Gasteiger charge is -2.10. The molecule has 92 valence electrons. The molecular formula is C10H12FN3O3. The Balaban J connectivity index is 2.48. The number of amides is 1. The van der Waals surface area contributed by atoms with Crippen LogP contribution < -0.4 is 11.1 Å². The Morgan fingerprint density at radius 3 is 2.76 bits per heavy atom. The molecule has 0 aliphatic heterocycles. The van der Waals surface area contributed by atoms with Gasteiger partial charge in [-0.15, -0.1) is 0 Å². The lowest BCUT2D eigenvalue weighted by atomic mass is 10.1. The van der Waals surface area contributed by atoms with Gasteiger partial charge in [-0.1, -0.05) is 0 Å². The molecule has 0 fully saturated rings. The first-order valence-corrected chi connectivity index (χ1v) is 4.89. The van der Waals surface area contributed by atoms with Crippen molar-refractivity contribution in [3.63, 3.8) is 0 Å². The number of nitrogens with two attached hydrogens (primary N) is 1. The van der Waals surface area contributed by atoms with E-state index in [0.717, 1.165) is 12.3 Å². The highest BCUT2D eigenvalue weighted by Gasteiger charge is 2.15. The maximum atomic E-state index is 12.5. The van der Waals surface area contributed by atoms with Gasteiger partial charge in [0.05, 0.1) is 12.2 Å². The number of rotatable bonds is 5. The van der Waals surface area contributed by atoms with Crippen LogP contribution in [0.5, 0.6) is 0 Å². The number of carbonyl (C=O) groups excluding carboxylic acids is 1. The van der Waals surface area contributed by atoms with E-state index < -0.39 is 23.7 Å². The van der Waals surface area contributed by atoms with Crippen molar-refractivity contribution >= 4 is 17.7 Å². The van der Waals surface area contributed by atoms with Crippen molar-refractivity contribution in [2.75, 3.05) is 5.32 Å². The number of aromatic nitrogens is 1. The topological polar surface area (TPSA) is 105 Å². The van der Waals surface area contributed by atoms with Crippen molar-refractivity contribution in [1.82, 2.24) is 4.98 Å². The number of nitrogens with zero attached hydrogens (tertiary/aromatic N) is 1. The van der Waals surface area contributed by atoms with Crippen molar-refractivity contribution < 1.29 is 19.1 Å². The molecule has 6 nitrogen and oxygen atoms in total. The second kappa shape index (κ2) is 5.90. The largest absolute Gasteiger partial charge is 0.481 e. The average molecular weight is 241 g/mol. The number of hydrogen-bond acceptors (Lipinski definition) is 4. The summed E-state index contributed by atoms with van der Waals surface area (Å²) in [5, 5.41) is 10.8. The molecule has 0 saturated heterocycles. The third-order valence-corrected chi connectivity index (χ3v) is 1.98. The molecule has 1 atom stereocenters. The maximum absolute atomic E-state index is 12.5. The summed E-state index contributed by atoms with van der Waals surface area (Å²) in [6.45, 7) is 0. The van der Waals surface area contributed by atoms with Crippen LogP contribution in [0.2, 0.25) is 0 Å². The molecule has 1 rings (SSSR count). The number of anilines is 1. The van der Waals surface area contributed by atoms with Crippen LogP contribution >= 0.6 is 0 Å². The highest BCUT2D eigenvalue weighted by Crippen LogP contribution is 2.05. The molecule has 4 N–H and O–H groups in total. The Morgan fingerprint density at radius 1 is 1.53 bits per heavy atom. The summed E-state index contributed by atoms with van der Waals surface area (Å²) >= 11 is 0. The predicted octanol–water partition coefficient (Wildman–Crippen LogP) is 0.351. The minimum Gasteiger partial charge on any atom is -0.481 e. The quantitative estimate of drug-likeness (QED) is 0.689. The molecular weight excluding hydrogens is 229 g/mol. The molecule has 0 saturated carbocycles. The lowest BCUT2D eigenvalue weighted by Crippen LogP contribution is -2.36. The smallest absolute Gasteiger partial charge is 0.303 e. The SMILES string of the molecule is NC(CCC(=O)O)C(=O)Nc1ccc(F)cn1. The van der Waals surface area contributed by atoms with Crippen molar-refractivity contribution in [1.29, 1.82) is 0 Å². The fraction of sp³-hybridized carbons (Fsp3) is 0.300. The molecule has 0 spiro atoms. The van der Waals surface area contributed by atoms with Crippen LogP contribution in [0, 0.1) is 5.82 Å². The highest BCUT2D eigenvalue weighted by molar-refractivity contribution is 5.94. The van der Waals surface area contributed by atoms with Gasteiger partial charge >= 0.3 is 5.97 Å². The van der Waals surface area contributed by atoms with Gasteiger partial charge < -0.3 is 16.2 Å². The van der Waals surface area contributed by atoms with Crippen LogP contribution in [0.4, 0.5) is 10.2 Å². The first kappa shape index (κ1) is 13.0. The Labute approximate surface area is 96.6 Å². The fourth-order valence-corrected chi connectivity index (χ4v) is 1.08. The lowest BCUT2D eigenvalue weighted by molar-refractivity contribution is -0.137. The monoisotopic (exact) mass is 241 g/mol. The van der Waals surface area contributed by atoms with Gasteiger partial charge in [-0.05, 0) is 18.6 Å². The Bertz CT molecular complexity index is 408. The number of pyridine rings is 1. The van der Waals surface area contributed by atoms with Crippen molar-refractivity contribution in [2.45, 2.75) is 18.9 Å². The van der Waals surface area contributed by atoms with Gasteiger partial charge in [-0.25, -0.2) is 9.37 Å². The zero-order chi connectivity index (χ0) is 12.8. The zero-order valence-corrected chi connectivity index (χ0v) is 8.89. The van der Waals surface area contributed by atoms with E-state index in [2.05, 4.69) is 10.3 Å². The molecule has 1 heterocycles. The van der Waals surface area contributed by atoms with Crippen LogP contribution in [0.15, 0.2) is 18.3 Å². The number of aliphatic carboxylic acids is 1. The van der Waals surface area contributed by atoms with Crippen molar-refractivity contribution in [3.05, 3.63) is 24.1 Å². The van der Waals surface area contributed by atoms with E-state index in [4.69, 9.17) is 10.8 Å². The average Bonchev–Trinajstić information content (AvgIpc) is 2.28. The van der Waals surface area contributed by atoms with E-state index >= 15 is 0 Å². The summed E-state index contributed by atoms with van der Waals surface area (Å²) in [6, 6.07) is 1.50. The summed E-state index contributed by atoms with van der Waals surface area (Å²) in [4.78, 5) is 25.3. The standard InChI is InChI=1S/C10H12FN3O3/c11-6-1-3-8(13-5-6)14-10(17)7(12)2-4-9(15)16/h1,3,5,7H,2,4,12H2,(H,15,16)(H,13,14,17). The molecule has 0 radical (unpaired) electrons. The van der Waals surface area contributed by atoms with Crippen LogP contribution in [0.25, 0.3) is 0 Å². The molecule has 1 unspecified atom stereocenters. The van der Waals surface area contributed by atoms with Gasteiger partial charge in [0.25, 0.3) is 0 Å². The normalized spacial score (nSPS) is 11.9. The van der Waals surface area contributed by atoms with E-state index in [9.17, 15) is 14.0 Å². The van der Waals surface area contributed by atoms with Gasteiger partial charge in [0.1, 0.15) is 11.6 Å².